The van der Waals surface area contributed by atoms with Crippen LogP contribution in [0.4, 0.5) is 0 Å². The molecule has 17 heavy (non-hydrogen) atoms. The Morgan fingerprint density at radius 1 is 1.41 bits per heavy atom. The van der Waals surface area contributed by atoms with Gasteiger partial charge in [0.25, 0.3) is 0 Å². The second-order valence-corrected chi connectivity index (χ2v) is 6.37. The quantitative estimate of drug-likeness (QED) is 0.871. The number of aliphatic hydroxyl groups is 1. The normalized spacial score (nSPS) is 22.5. The van der Waals surface area contributed by atoms with E-state index < -0.39 is 0 Å². The summed E-state index contributed by atoms with van der Waals surface area (Å²) in [7, 11) is 0. The van der Waals surface area contributed by atoms with Crippen molar-refractivity contribution in [3.05, 3.63) is 17.0 Å². The monoisotopic (exact) mass is 234 g/mol. The van der Waals surface area contributed by atoms with Crippen molar-refractivity contribution in [2.75, 3.05) is 6.61 Å². The van der Waals surface area contributed by atoms with Gasteiger partial charge in [-0.2, -0.15) is 5.10 Å². The lowest BCUT2D eigenvalue weighted by Crippen LogP contribution is -2.24. The summed E-state index contributed by atoms with van der Waals surface area (Å²) in [6, 6.07) is 0. The average molecular weight is 234 g/mol. The Morgan fingerprint density at radius 2 is 2.18 bits per heavy atom. The minimum atomic E-state index is 0.193. The zero-order valence-corrected chi connectivity index (χ0v) is 10.9. The van der Waals surface area contributed by atoms with Crippen molar-refractivity contribution in [3.8, 4) is 0 Å². The molecule has 0 aliphatic heterocycles. The molecule has 0 saturated heterocycles. The highest BCUT2D eigenvalue weighted by molar-refractivity contribution is 5.34. The molecule has 1 fully saturated rings. The molecular formula is C14H22N2O. The summed E-state index contributed by atoms with van der Waals surface area (Å²) < 4.78 is 2.07. The van der Waals surface area contributed by atoms with Crippen molar-refractivity contribution in [1.29, 1.82) is 0 Å². The van der Waals surface area contributed by atoms with Crippen LogP contribution in [0.1, 0.15) is 56.0 Å². The van der Waals surface area contributed by atoms with Gasteiger partial charge < -0.3 is 5.11 Å². The molecule has 3 rings (SSSR count). The molecule has 1 N–H and O–H groups in total. The van der Waals surface area contributed by atoms with Gasteiger partial charge in [-0.1, -0.05) is 13.8 Å². The van der Waals surface area contributed by atoms with E-state index >= 15 is 0 Å². The SMILES string of the molecule is CC1(C)CCc2c(C3CC3)nn(CCO)c2C1. The molecule has 0 unspecified atom stereocenters. The van der Waals surface area contributed by atoms with Crippen molar-refractivity contribution in [1.82, 2.24) is 9.78 Å². The summed E-state index contributed by atoms with van der Waals surface area (Å²) in [5, 5.41) is 13.9. The van der Waals surface area contributed by atoms with Crippen molar-refractivity contribution in [3.63, 3.8) is 0 Å². The molecule has 1 saturated carbocycles. The van der Waals surface area contributed by atoms with E-state index in [0.717, 1.165) is 12.3 Å². The molecule has 2 aliphatic carbocycles. The molecule has 1 aromatic heterocycles. The van der Waals surface area contributed by atoms with Crippen LogP contribution in [-0.4, -0.2) is 21.5 Å². The third-order valence-corrected chi connectivity index (χ3v) is 4.17. The highest BCUT2D eigenvalue weighted by Gasteiger charge is 2.36. The molecule has 3 heteroatoms. The van der Waals surface area contributed by atoms with Gasteiger partial charge in [-0.05, 0) is 43.1 Å². The van der Waals surface area contributed by atoms with Gasteiger partial charge in [0.2, 0.25) is 0 Å². The van der Waals surface area contributed by atoms with Gasteiger partial charge in [0, 0.05) is 11.6 Å². The van der Waals surface area contributed by atoms with Gasteiger partial charge >= 0.3 is 0 Å². The number of aliphatic hydroxyl groups excluding tert-OH is 1. The molecule has 1 heterocycles. The topological polar surface area (TPSA) is 38.0 Å². The molecule has 0 bridgehead atoms. The maximum atomic E-state index is 9.15. The number of aromatic nitrogens is 2. The number of rotatable bonds is 3. The summed E-state index contributed by atoms with van der Waals surface area (Å²) in [6.07, 6.45) is 6.18. The van der Waals surface area contributed by atoms with Crippen LogP contribution < -0.4 is 0 Å². The maximum absolute atomic E-state index is 9.15. The fourth-order valence-electron chi connectivity index (χ4n) is 2.99. The third kappa shape index (κ3) is 2.01. The van der Waals surface area contributed by atoms with Gasteiger partial charge in [-0.25, -0.2) is 0 Å². The van der Waals surface area contributed by atoms with E-state index in [2.05, 4.69) is 18.5 Å². The third-order valence-electron chi connectivity index (χ3n) is 4.17. The van der Waals surface area contributed by atoms with Crippen LogP contribution >= 0.6 is 0 Å². The standard InChI is InChI=1S/C14H22N2O/c1-14(2)6-5-11-12(9-14)16(7-8-17)15-13(11)10-3-4-10/h10,17H,3-9H2,1-2H3. The molecule has 1 aromatic rings. The second kappa shape index (κ2) is 3.84. The van der Waals surface area contributed by atoms with Crippen LogP contribution in [0, 0.1) is 5.41 Å². The fraction of sp³-hybridized carbons (Fsp3) is 0.786. The zero-order chi connectivity index (χ0) is 12.0. The molecule has 3 nitrogen and oxygen atoms in total. The molecule has 0 amide bonds. The van der Waals surface area contributed by atoms with E-state index in [-0.39, 0.29) is 6.61 Å². The molecule has 0 radical (unpaired) electrons. The first-order chi connectivity index (χ1) is 8.11. The number of hydrogen-bond donors (Lipinski definition) is 1. The predicted molar refractivity (Wildman–Crippen MR) is 67.1 cm³/mol. The van der Waals surface area contributed by atoms with Crippen molar-refractivity contribution >= 4 is 0 Å². The Balaban J connectivity index is 2.00. The number of nitrogens with zero attached hydrogens (tertiary/aromatic N) is 2. The van der Waals surface area contributed by atoms with Gasteiger partial charge in [0.15, 0.2) is 0 Å². The van der Waals surface area contributed by atoms with E-state index in [0.29, 0.717) is 12.0 Å². The fourth-order valence-corrected chi connectivity index (χ4v) is 2.99. The van der Waals surface area contributed by atoms with E-state index in [1.54, 1.807) is 0 Å². The first-order valence-corrected chi connectivity index (χ1v) is 6.80. The van der Waals surface area contributed by atoms with Crippen LogP contribution in [0.2, 0.25) is 0 Å². The van der Waals surface area contributed by atoms with Crippen molar-refractivity contribution in [2.24, 2.45) is 5.41 Å². The first-order valence-electron chi connectivity index (χ1n) is 6.80. The van der Waals surface area contributed by atoms with E-state index in [1.165, 1.54) is 42.6 Å². The Bertz CT molecular complexity index is 430. The second-order valence-electron chi connectivity index (χ2n) is 6.37. The lowest BCUT2D eigenvalue weighted by Gasteiger charge is -2.30. The molecule has 2 aliphatic rings. The molecule has 94 valence electrons. The maximum Gasteiger partial charge on any atom is 0.0690 e. The van der Waals surface area contributed by atoms with Crippen LogP contribution in [0.15, 0.2) is 0 Å². The van der Waals surface area contributed by atoms with Gasteiger partial charge in [-0.15, -0.1) is 0 Å². The van der Waals surface area contributed by atoms with Crippen LogP contribution in [0.5, 0.6) is 0 Å². The van der Waals surface area contributed by atoms with Gasteiger partial charge in [0.05, 0.1) is 18.8 Å². The summed E-state index contributed by atoms with van der Waals surface area (Å²) >= 11 is 0. The first kappa shape index (κ1) is 11.3. The highest BCUT2D eigenvalue weighted by Crippen LogP contribution is 2.45. The van der Waals surface area contributed by atoms with Gasteiger partial charge in [-0.3, -0.25) is 4.68 Å². The average Bonchev–Trinajstić information content (AvgIpc) is 3.04. The van der Waals surface area contributed by atoms with Crippen LogP contribution in [0.25, 0.3) is 0 Å². The summed E-state index contributed by atoms with van der Waals surface area (Å²) in [5.41, 5.74) is 4.66. The van der Waals surface area contributed by atoms with E-state index in [1.807, 2.05) is 0 Å². The minimum Gasteiger partial charge on any atom is -0.394 e. The smallest absolute Gasteiger partial charge is 0.0690 e. The Kier molecular flexibility index (Phi) is 2.54. The van der Waals surface area contributed by atoms with Crippen LogP contribution in [-0.2, 0) is 19.4 Å². The van der Waals surface area contributed by atoms with Gasteiger partial charge in [0.1, 0.15) is 0 Å². The van der Waals surface area contributed by atoms with Crippen molar-refractivity contribution in [2.45, 2.75) is 58.4 Å². The summed E-state index contributed by atoms with van der Waals surface area (Å²) in [4.78, 5) is 0. The predicted octanol–water partition coefficient (Wildman–Crippen LogP) is 2.27. The molecule has 0 spiro atoms. The Labute approximate surface area is 103 Å². The minimum absolute atomic E-state index is 0.193. The zero-order valence-electron chi connectivity index (χ0n) is 10.9. The Hall–Kier alpha value is -0.830. The summed E-state index contributed by atoms with van der Waals surface area (Å²) in [6.45, 7) is 5.52. The highest BCUT2D eigenvalue weighted by atomic mass is 16.3. The van der Waals surface area contributed by atoms with E-state index in [4.69, 9.17) is 10.2 Å². The lowest BCUT2D eigenvalue weighted by atomic mass is 9.76. The number of fused-ring (bicyclic) bond motifs is 1. The van der Waals surface area contributed by atoms with Crippen molar-refractivity contribution < 1.29 is 5.11 Å². The molecular weight excluding hydrogens is 212 g/mol. The van der Waals surface area contributed by atoms with E-state index in [9.17, 15) is 0 Å². The van der Waals surface area contributed by atoms with Crippen LogP contribution in [0.3, 0.4) is 0 Å². The lowest BCUT2D eigenvalue weighted by molar-refractivity contribution is 0.257. The largest absolute Gasteiger partial charge is 0.394 e. The summed E-state index contributed by atoms with van der Waals surface area (Å²) in [5.74, 6) is 0.727. The Morgan fingerprint density at radius 3 is 2.82 bits per heavy atom. The molecule has 0 atom stereocenters. The molecule has 0 aromatic carbocycles. The number of hydrogen-bond acceptors (Lipinski definition) is 2.